The van der Waals surface area contributed by atoms with Gasteiger partial charge in [0, 0.05) is 49.4 Å². The van der Waals surface area contributed by atoms with Gasteiger partial charge in [-0.1, -0.05) is 17.7 Å². The Balaban J connectivity index is 0.000000592. The first-order valence-electron chi connectivity index (χ1n) is 9.31. The molecule has 2 rings (SSSR count). The number of carboxylic acid groups (broad SMARTS) is 1. The molecular formula is C18H25ClF3N3O5S. The van der Waals surface area contributed by atoms with Crippen molar-refractivity contribution in [2.45, 2.75) is 26.1 Å². The summed E-state index contributed by atoms with van der Waals surface area (Å²) >= 11 is 5.95. The van der Waals surface area contributed by atoms with Crippen molar-refractivity contribution in [3.63, 3.8) is 0 Å². The highest BCUT2D eigenvalue weighted by Crippen LogP contribution is 2.15. The number of carboxylic acids is 1. The smallest absolute Gasteiger partial charge is 0.475 e. The summed E-state index contributed by atoms with van der Waals surface area (Å²) in [6.45, 7) is 6.19. The highest BCUT2D eigenvalue weighted by Gasteiger charge is 2.38. The molecule has 1 heterocycles. The van der Waals surface area contributed by atoms with E-state index in [0.717, 1.165) is 0 Å². The number of amides is 1. The van der Waals surface area contributed by atoms with E-state index in [1.807, 2.05) is 13.8 Å². The molecule has 1 amide bonds. The highest BCUT2D eigenvalue weighted by molar-refractivity contribution is 7.89. The van der Waals surface area contributed by atoms with Crippen LogP contribution < -0.4 is 5.32 Å². The van der Waals surface area contributed by atoms with Crippen LogP contribution in [0, 0.1) is 0 Å². The standard InChI is InChI=1S/C16H24ClN3O3S.C2HF3O2/c1-13(2)20(16(21)14-4-3-5-15(17)12-14)10-11-24(22,23)19-8-6-18-7-9-19;3-2(4,5)1(6)7/h3-5,12-13,18H,6-11H2,1-2H3;(H,6,7). The molecule has 0 atom stereocenters. The van der Waals surface area contributed by atoms with Crippen LogP contribution in [-0.2, 0) is 14.8 Å². The van der Waals surface area contributed by atoms with Crippen molar-refractivity contribution < 1.29 is 36.3 Å². The molecule has 1 aromatic carbocycles. The number of carbonyl (C=O) groups excluding carboxylic acids is 1. The van der Waals surface area contributed by atoms with Gasteiger partial charge in [0.25, 0.3) is 5.91 Å². The topological polar surface area (TPSA) is 107 Å². The third-order valence-corrected chi connectivity index (χ3v) is 6.34. The Morgan fingerprint density at radius 2 is 1.81 bits per heavy atom. The van der Waals surface area contributed by atoms with Gasteiger partial charge in [0.15, 0.2) is 0 Å². The van der Waals surface area contributed by atoms with Gasteiger partial charge in [-0.15, -0.1) is 0 Å². The lowest BCUT2D eigenvalue weighted by Gasteiger charge is -2.30. The number of hydrogen-bond donors (Lipinski definition) is 2. The maximum absolute atomic E-state index is 12.7. The zero-order valence-corrected chi connectivity index (χ0v) is 18.6. The summed E-state index contributed by atoms with van der Waals surface area (Å²) < 4.78 is 58.2. The molecule has 1 aliphatic heterocycles. The van der Waals surface area contributed by atoms with Crippen LogP contribution in [0.15, 0.2) is 24.3 Å². The van der Waals surface area contributed by atoms with Crippen molar-refractivity contribution in [1.82, 2.24) is 14.5 Å². The number of benzene rings is 1. The Morgan fingerprint density at radius 1 is 1.26 bits per heavy atom. The average Bonchev–Trinajstić information content (AvgIpc) is 2.68. The number of alkyl halides is 3. The molecule has 1 saturated heterocycles. The van der Waals surface area contributed by atoms with Gasteiger partial charge in [-0.2, -0.15) is 17.5 Å². The first-order valence-corrected chi connectivity index (χ1v) is 11.3. The molecule has 0 bridgehead atoms. The molecule has 0 aliphatic carbocycles. The average molecular weight is 488 g/mol. The van der Waals surface area contributed by atoms with Gasteiger partial charge in [-0.3, -0.25) is 4.79 Å². The number of halogens is 4. The maximum Gasteiger partial charge on any atom is 0.490 e. The first kappa shape index (κ1) is 27.1. The third kappa shape index (κ3) is 9.01. The lowest BCUT2D eigenvalue weighted by Crippen LogP contribution is -2.49. The molecule has 2 N–H and O–H groups in total. The summed E-state index contributed by atoms with van der Waals surface area (Å²) in [7, 11) is -3.36. The molecule has 0 spiro atoms. The van der Waals surface area contributed by atoms with Gasteiger partial charge in [-0.05, 0) is 32.0 Å². The molecule has 8 nitrogen and oxygen atoms in total. The van der Waals surface area contributed by atoms with Crippen LogP contribution >= 0.6 is 11.6 Å². The van der Waals surface area contributed by atoms with Gasteiger partial charge >= 0.3 is 12.1 Å². The number of rotatable bonds is 6. The number of carbonyl (C=O) groups is 2. The Bertz CT molecular complexity index is 859. The van der Waals surface area contributed by atoms with E-state index >= 15 is 0 Å². The van der Waals surface area contributed by atoms with E-state index in [-0.39, 0.29) is 24.2 Å². The van der Waals surface area contributed by atoms with Crippen LogP contribution in [-0.4, -0.2) is 85.3 Å². The van der Waals surface area contributed by atoms with E-state index in [0.29, 0.717) is 36.8 Å². The minimum Gasteiger partial charge on any atom is -0.475 e. The van der Waals surface area contributed by atoms with Crippen LogP contribution in [0.3, 0.4) is 0 Å². The summed E-state index contributed by atoms with van der Waals surface area (Å²) in [6, 6.07) is 6.60. The summed E-state index contributed by atoms with van der Waals surface area (Å²) in [5.74, 6) is -3.03. The molecule has 0 radical (unpaired) electrons. The fourth-order valence-electron chi connectivity index (χ4n) is 2.65. The van der Waals surface area contributed by atoms with Crippen molar-refractivity contribution in [1.29, 1.82) is 0 Å². The molecule has 0 saturated carbocycles. The molecule has 0 unspecified atom stereocenters. The van der Waals surface area contributed by atoms with Crippen molar-refractivity contribution in [2.24, 2.45) is 0 Å². The van der Waals surface area contributed by atoms with E-state index in [4.69, 9.17) is 21.5 Å². The van der Waals surface area contributed by atoms with Crippen LogP contribution in [0.25, 0.3) is 0 Å². The SMILES string of the molecule is CC(C)N(CCS(=O)(=O)N1CCNCC1)C(=O)c1cccc(Cl)c1.O=C(O)C(F)(F)F. The van der Waals surface area contributed by atoms with Crippen molar-refractivity contribution in [3.8, 4) is 0 Å². The number of nitrogens with one attached hydrogen (secondary N) is 1. The van der Waals surface area contributed by atoms with Gasteiger partial charge in [0.2, 0.25) is 10.0 Å². The van der Waals surface area contributed by atoms with E-state index in [2.05, 4.69) is 5.32 Å². The first-order chi connectivity index (χ1) is 14.3. The van der Waals surface area contributed by atoms with E-state index in [9.17, 15) is 26.4 Å². The zero-order chi connectivity index (χ0) is 23.8. The number of hydrogen-bond acceptors (Lipinski definition) is 5. The molecule has 176 valence electrons. The zero-order valence-electron chi connectivity index (χ0n) is 17.0. The molecule has 1 aliphatic rings. The molecule has 1 aromatic rings. The summed E-state index contributed by atoms with van der Waals surface area (Å²) in [5.41, 5.74) is 0.468. The second-order valence-corrected chi connectivity index (χ2v) is 9.40. The lowest BCUT2D eigenvalue weighted by atomic mass is 10.1. The molecule has 31 heavy (non-hydrogen) atoms. The predicted octanol–water partition coefficient (Wildman–Crippen LogP) is 2.06. The summed E-state index contributed by atoms with van der Waals surface area (Å²) in [5, 5.41) is 10.7. The number of aliphatic carboxylic acids is 1. The largest absolute Gasteiger partial charge is 0.490 e. The minimum atomic E-state index is -5.08. The van der Waals surface area contributed by atoms with E-state index in [1.54, 1.807) is 29.2 Å². The Morgan fingerprint density at radius 3 is 2.26 bits per heavy atom. The Hall–Kier alpha value is -1.89. The van der Waals surface area contributed by atoms with E-state index in [1.165, 1.54) is 4.31 Å². The van der Waals surface area contributed by atoms with Crippen molar-refractivity contribution >= 4 is 33.5 Å². The fraction of sp³-hybridized carbons (Fsp3) is 0.556. The normalized spacial score (nSPS) is 15.2. The van der Waals surface area contributed by atoms with Crippen molar-refractivity contribution in [2.75, 3.05) is 38.5 Å². The second kappa shape index (κ2) is 11.7. The Kier molecular flexibility index (Phi) is 10.2. The lowest BCUT2D eigenvalue weighted by molar-refractivity contribution is -0.192. The van der Waals surface area contributed by atoms with Gasteiger partial charge < -0.3 is 15.3 Å². The van der Waals surface area contributed by atoms with E-state index < -0.39 is 22.2 Å². The van der Waals surface area contributed by atoms with Crippen LogP contribution in [0.1, 0.15) is 24.2 Å². The number of piperazine rings is 1. The highest BCUT2D eigenvalue weighted by atomic mass is 35.5. The van der Waals surface area contributed by atoms with Crippen LogP contribution in [0.2, 0.25) is 5.02 Å². The van der Waals surface area contributed by atoms with Gasteiger partial charge in [0.05, 0.1) is 5.75 Å². The maximum atomic E-state index is 12.7. The quantitative estimate of drug-likeness (QED) is 0.636. The summed E-state index contributed by atoms with van der Waals surface area (Å²) in [4.78, 5) is 23.2. The predicted molar refractivity (Wildman–Crippen MR) is 110 cm³/mol. The van der Waals surface area contributed by atoms with Crippen molar-refractivity contribution in [3.05, 3.63) is 34.9 Å². The molecule has 1 fully saturated rings. The molecule has 0 aromatic heterocycles. The monoisotopic (exact) mass is 487 g/mol. The Labute approximate surface area is 184 Å². The van der Waals surface area contributed by atoms with Crippen LogP contribution in [0.5, 0.6) is 0 Å². The second-order valence-electron chi connectivity index (χ2n) is 6.87. The molecule has 13 heteroatoms. The summed E-state index contributed by atoms with van der Waals surface area (Å²) in [6.07, 6.45) is -5.08. The third-order valence-electron chi connectivity index (χ3n) is 4.26. The van der Waals surface area contributed by atoms with Gasteiger partial charge in [-0.25, -0.2) is 13.2 Å². The number of nitrogens with zero attached hydrogens (tertiary/aromatic N) is 2. The number of sulfonamides is 1. The van der Waals surface area contributed by atoms with Crippen LogP contribution in [0.4, 0.5) is 13.2 Å². The van der Waals surface area contributed by atoms with Gasteiger partial charge in [0.1, 0.15) is 0 Å². The fourth-order valence-corrected chi connectivity index (χ4v) is 4.26. The minimum absolute atomic E-state index is 0.0719. The molecular weight excluding hydrogens is 463 g/mol.